The van der Waals surface area contributed by atoms with Gasteiger partial charge >= 0.3 is 6.03 Å². The molecule has 1 aliphatic rings. The third-order valence-corrected chi connectivity index (χ3v) is 7.49. The van der Waals surface area contributed by atoms with Crippen molar-refractivity contribution in [2.45, 2.75) is 45.1 Å². The summed E-state index contributed by atoms with van der Waals surface area (Å²) in [6.45, 7) is 7.69. The summed E-state index contributed by atoms with van der Waals surface area (Å²) >= 11 is 12.3. The van der Waals surface area contributed by atoms with Crippen LogP contribution < -0.4 is 10.6 Å². The van der Waals surface area contributed by atoms with Gasteiger partial charge in [0.05, 0.1) is 33.5 Å². The quantitative estimate of drug-likeness (QED) is 0.400. The van der Waals surface area contributed by atoms with E-state index in [4.69, 9.17) is 28.3 Å². The second kappa shape index (κ2) is 11.4. The molecular formula is C28H34Cl2N6O2. The third-order valence-electron chi connectivity index (χ3n) is 6.68. The standard InChI is InChI=1S/C28H34Cl2N6O2/c1-28(2,3)23-16-24(32-27(38)31-22-11-7-10-21(29)26(22)30)36(33-23)19-9-6-8-18(14-19)15-25(37)35-13-12-20(17-35)34(4)5/h6-11,14,16,20H,12-13,15,17H2,1-5H3,(H2,31,32,38)/t20-/m0/s1. The Bertz CT molecular complexity index is 1330. The molecule has 38 heavy (non-hydrogen) atoms. The Hall–Kier alpha value is -3.07. The lowest BCUT2D eigenvalue weighted by molar-refractivity contribution is -0.129. The van der Waals surface area contributed by atoms with Crippen molar-refractivity contribution in [2.24, 2.45) is 0 Å². The lowest BCUT2D eigenvalue weighted by atomic mass is 9.92. The minimum Gasteiger partial charge on any atom is -0.341 e. The molecule has 2 N–H and O–H groups in total. The van der Waals surface area contributed by atoms with Crippen LogP contribution in [0.4, 0.5) is 16.3 Å². The van der Waals surface area contributed by atoms with Crippen LogP contribution >= 0.6 is 23.2 Å². The van der Waals surface area contributed by atoms with E-state index in [-0.39, 0.29) is 16.3 Å². The molecule has 10 heteroatoms. The van der Waals surface area contributed by atoms with Gasteiger partial charge in [-0.2, -0.15) is 5.10 Å². The molecule has 0 spiro atoms. The van der Waals surface area contributed by atoms with E-state index < -0.39 is 6.03 Å². The monoisotopic (exact) mass is 556 g/mol. The Balaban J connectivity index is 1.56. The Kier molecular flexibility index (Phi) is 8.35. The molecule has 8 nitrogen and oxygen atoms in total. The molecule has 3 amide bonds. The zero-order chi connectivity index (χ0) is 27.6. The minimum atomic E-state index is -0.480. The van der Waals surface area contributed by atoms with Crippen LogP contribution in [0.5, 0.6) is 0 Å². The van der Waals surface area contributed by atoms with E-state index in [9.17, 15) is 9.59 Å². The summed E-state index contributed by atoms with van der Waals surface area (Å²) in [7, 11) is 4.10. The number of amides is 3. The maximum Gasteiger partial charge on any atom is 0.324 e. The van der Waals surface area contributed by atoms with Crippen LogP contribution in [0.15, 0.2) is 48.5 Å². The van der Waals surface area contributed by atoms with Crippen molar-refractivity contribution in [1.29, 1.82) is 0 Å². The van der Waals surface area contributed by atoms with Crippen molar-refractivity contribution in [3.63, 3.8) is 0 Å². The maximum atomic E-state index is 13.0. The Morgan fingerprint density at radius 1 is 1.08 bits per heavy atom. The number of aromatic nitrogens is 2. The fourth-order valence-electron chi connectivity index (χ4n) is 4.38. The molecular weight excluding hydrogens is 523 g/mol. The molecule has 2 aromatic carbocycles. The van der Waals surface area contributed by atoms with Crippen molar-refractivity contribution in [1.82, 2.24) is 19.6 Å². The van der Waals surface area contributed by atoms with Crippen LogP contribution in [-0.2, 0) is 16.6 Å². The number of hydrogen-bond donors (Lipinski definition) is 2. The van der Waals surface area contributed by atoms with E-state index in [0.29, 0.717) is 29.0 Å². The number of urea groups is 1. The number of carbonyl (C=O) groups excluding carboxylic acids is 2. The van der Waals surface area contributed by atoms with E-state index in [1.807, 2.05) is 49.3 Å². The fraction of sp³-hybridized carbons (Fsp3) is 0.393. The molecule has 4 rings (SSSR count). The lowest BCUT2D eigenvalue weighted by Gasteiger charge is -2.20. The molecule has 0 unspecified atom stereocenters. The van der Waals surface area contributed by atoms with Crippen LogP contribution in [0.3, 0.4) is 0 Å². The number of halogens is 2. The number of likely N-dealkylation sites (tertiary alicyclic amines) is 1. The fourth-order valence-corrected chi connectivity index (χ4v) is 4.73. The highest BCUT2D eigenvalue weighted by Gasteiger charge is 2.27. The summed E-state index contributed by atoms with van der Waals surface area (Å²) in [5, 5.41) is 11.0. The van der Waals surface area contributed by atoms with Crippen LogP contribution in [0.1, 0.15) is 38.4 Å². The van der Waals surface area contributed by atoms with Gasteiger partial charge in [-0.3, -0.25) is 10.1 Å². The van der Waals surface area contributed by atoms with Gasteiger partial charge in [0.15, 0.2) is 0 Å². The van der Waals surface area contributed by atoms with E-state index in [0.717, 1.165) is 36.5 Å². The highest BCUT2D eigenvalue weighted by molar-refractivity contribution is 6.44. The molecule has 3 aromatic rings. The summed E-state index contributed by atoms with van der Waals surface area (Å²) in [4.78, 5) is 30.0. The van der Waals surface area contributed by atoms with Crippen molar-refractivity contribution in [3.8, 4) is 5.69 Å². The average molecular weight is 558 g/mol. The van der Waals surface area contributed by atoms with Crippen LogP contribution in [0.2, 0.25) is 10.0 Å². The van der Waals surface area contributed by atoms with Gasteiger partial charge in [0, 0.05) is 30.6 Å². The zero-order valence-corrected chi connectivity index (χ0v) is 23.9. The summed E-state index contributed by atoms with van der Waals surface area (Å²) in [5.41, 5.74) is 2.59. The largest absolute Gasteiger partial charge is 0.341 e. The predicted octanol–water partition coefficient (Wildman–Crippen LogP) is 5.83. The minimum absolute atomic E-state index is 0.110. The van der Waals surface area contributed by atoms with Crippen LogP contribution in [-0.4, -0.2) is 64.7 Å². The van der Waals surface area contributed by atoms with Gasteiger partial charge in [0.2, 0.25) is 5.91 Å². The molecule has 0 bridgehead atoms. The molecule has 1 fully saturated rings. The van der Waals surface area contributed by atoms with Gasteiger partial charge in [-0.25, -0.2) is 9.48 Å². The number of carbonyl (C=O) groups is 2. The molecule has 1 atom stereocenters. The Morgan fingerprint density at radius 3 is 2.50 bits per heavy atom. The molecule has 1 aliphatic heterocycles. The summed E-state index contributed by atoms with van der Waals surface area (Å²) in [5.74, 6) is 0.598. The molecule has 0 saturated carbocycles. The van der Waals surface area contributed by atoms with Gasteiger partial charge in [-0.15, -0.1) is 0 Å². The first-order chi connectivity index (χ1) is 17.9. The Morgan fingerprint density at radius 2 is 1.82 bits per heavy atom. The normalized spacial score (nSPS) is 15.7. The van der Waals surface area contributed by atoms with E-state index >= 15 is 0 Å². The molecule has 0 radical (unpaired) electrons. The number of nitrogens with zero attached hydrogens (tertiary/aromatic N) is 4. The van der Waals surface area contributed by atoms with Crippen LogP contribution in [0, 0.1) is 0 Å². The summed E-state index contributed by atoms with van der Waals surface area (Å²) < 4.78 is 1.69. The second-order valence-corrected chi connectivity index (χ2v) is 11.6. The maximum absolute atomic E-state index is 13.0. The van der Waals surface area contributed by atoms with Gasteiger partial charge in [-0.05, 0) is 50.3 Å². The molecule has 202 valence electrons. The van der Waals surface area contributed by atoms with Gasteiger partial charge in [0.25, 0.3) is 0 Å². The van der Waals surface area contributed by atoms with E-state index in [2.05, 4.69) is 36.3 Å². The number of anilines is 2. The molecule has 0 aliphatic carbocycles. The van der Waals surface area contributed by atoms with E-state index in [1.165, 1.54) is 0 Å². The van der Waals surface area contributed by atoms with Crippen LogP contribution in [0.25, 0.3) is 5.69 Å². The molecule has 1 aromatic heterocycles. The number of rotatable bonds is 6. The SMILES string of the molecule is CN(C)[C@H]1CCN(C(=O)Cc2cccc(-n3nc(C(C)(C)C)cc3NC(=O)Nc3cccc(Cl)c3Cl)c2)C1. The number of benzene rings is 2. The number of nitrogens with one attached hydrogen (secondary N) is 2. The highest BCUT2D eigenvalue weighted by atomic mass is 35.5. The topological polar surface area (TPSA) is 82.5 Å². The average Bonchev–Trinajstić information content (AvgIpc) is 3.50. The van der Waals surface area contributed by atoms with Crippen molar-refractivity contribution < 1.29 is 9.59 Å². The van der Waals surface area contributed by atoms with Crippen molar-refractivity contribution in [2.75, 3.05) is 37.8 Å². The number of hydrogen-bond acceptors (Lipinski definition) is 4. The first kappa shape index (κ1) is 28.0. The first-order valence-electron chi connectivity index (χ1n) is 12.6. The van der Waals surface area contributed by atoms with Gasteiger partial charge in [0.1, 0.15) is 5.82 Å². The predicted molar refractivity (Wildman–Crippen MR) is 154 cm³/mol. The smallest absolute Gasteiger partial charge is 0.324 e. The van der Waals surface area contributed by atoms with Crippen molar-refractivity contribution >= 4 is 46.6 Å². The summed E-state index contributed by atoms with van der Waals surface area (Å²) in [6.07, 6.45) is 1.29. The Labute approximate surface area is 233 Å². The lowest BCUT2D eigenvalue weighted by Crippen LogP contribution is -2.35. The van der Waals surface area contributed by atoms with Crippen molar-refractivity contribution in [3.05, 3.63) is 69.8 Å². The highest BCUT2D eigenvalue weighted by Crippen LogP contribution is 2.30. The summed E-state index contributed by atoms with van der Waals surface area (Å²) in [6, 6.07) is 14.5. The van der Waals surface area contributed by atoms with Gasteiger partial charge in [-0.1, -0.05) is 62.2 Å². The number of likely N-dealkylation sites (N-methyl/N-ethyl adjacent to an activating group) is 1. The molecule has 2 heterocycles. The van der Waals surface area contributed by atoms with E-state index in [1.54, 1.807) is 22.9 Å². The third kappa shape index (κ3) is 6.49. The first-order valence-corrected chi connectivity index (χ1v) is 13.3. The second-order valence-electron chi connectivity index (χ2n) is 10.8. The zero-order valence-electron chi connectivity index (χ0n) is 22.4. The molecule has 1 saturated heterocycles. The van der Waals surface area contributed by atoms with Gasteiger partial charge < -0.3 is 15.1 Å².